The van der Waals surface area contributed by atoms with Gasteiger partial charge in [0.25, 0.3) is 5.91 Å². The maximum absolute atomic E-state index is 12.3. The summed E-state index contributed by atoms with van der Waals surface area (Å²) in [6.07, 6.45) is 1.15. The number of hydrogen-bond acceptors (Lipinski definition) is 3. The first-order valence-electron chi connectivity index (χ1n) is 7.20. The van der Waals surface area contributed by atoms with Crippen molar-refractivity contribution in [1.29, 1.82) is 0 Å². The van der Waals surface area contributed by atoms with Crippen molar-refractivity contribution in [2.75, 3.05) is 4.90 Å². The summed E-state index contributed by atoms with van der Waals surface area (Å²) in [6.45, 7) is 0.425. The summed E-state index contributed by atoms with van der Waals surface area (Å²) < 4.78 is 0. The van der Waals surface area contributed by atoms with Gasteiger partial charge in [0.05, 0.1) is 6.54 Å². The average molecular weight is 331 g/mol. The predicted molar refractivity (Wildman–Crippen MR) is 86.7 cm³/mol. The summed E-state index contributed by atoms with van der Waals surface area (Å²) in [5.41, 5.74) is 4.79. The first kappa shape index (κ1) is 15.5. The van der Waals surface area contributed by atoms with Gasteiger partial charge < -0.3 is 4.90 Å². The molecule has 0 saturated carbocycles. The second-order valence-electron chi connectivity index (χ2n) is 5.39. The number of amides is 2. The molecule has 2 aromatic carbocycles. The Hall–Kier alpha value is -2.37. The molecular weight excluding hydrogens is 316 g/mol. The van der Waals surface area contributed by atoms with Gasteiger partial charge in [0.15, 0.2) is 0 Å². The largest absolute Gasteiger partial charge is 0.308 e. The highest BCUT2D eigenvalue weighted by atomic mass is 35.5. The van der Waals surface area contributed by atoms with Crippen molar-refractivity contribution in [1.82, 2.24) is 5.48 Å². The van der Waals surface area contributed by atoms with E-state index in [0.717, 1.165) is 16.8 Å². The Labute approximate surface area is 138 Å². The molecule has 2 N–H and O–H groups in total. The third-order valence-electron chi connectivity index (χ3n) is 3.90. The van der Waals surface area contributed by atoms with E-state index in [0.29, 0.717) is 30.0 Å². The van der Waals surface area contributed by atoms with Gasteiger partial charge in [-0.3, -0.25) is 14.8 Å². The van der Waals surface area contributed by atoms with E-state index < -0.39 is 5.91 Å². The fourth-order valence-electron chi connectivity index (χ4n) is 2.71. The third-order valence-corrected chi connectivity index (χ3v) is 4.14. The monoisotopic (exact) mass is 330 g/mol. The molecule has 0 aromatic heterocycles. The topological polar surface area (TPSA) is 69.6 Å². The van der Waals surface area contributed by atoms with Gasteiger partial charge in [0.2, 0.25) is 5.91 Å². The average Bonchev–Trinajstić information content (AvgIpc) is 2.57. The number of anilines is 1. The van der Waals surface area contributed by atoms with Gasteiger partial charge in [-0.1, -0.05) is 23.7 Å². The fraction of sp³-hybridized carbons (Fsp3) is 0.176. The Balaban J connectivity index is 1.85. The minimum absolute atomic E-state index is 0.0667. The highest BCUT2D eigenvalue weighted by molar-refractivity contribution is 6.30. The molecule has 0 radical (unpaired) electrons. The SMILES string of the molecule is O=C(NO)c1ccc(CN2C(=O)CCc3cc(Cl)ccc32)cc1. The van der Waals surface area contributed by atoms with Crippen molar-refractivity contribution in [2.24, 2.45) is 0 Å². The summed E-state index contributed by atoms with van der Waals surface area (Å²) in [7, 11) is 0. The number of aryl methyl sites for hydroxylation is 1. The maximum Gasteiger partial charge on any atom is 0.274 e. The summed E-state index contributed by atoms with van der Waals surface area (Å²) >= 11 is 6.02. The Morgan fingerprint density at radius 2 is 1.91 bits per heavy atom. The Kier molecular flexibility index (Phi) is 4.32. The summed E-state index contributed by atoms with van der Waals surface area (Å²) in [4.78, 5) is 25.3. The highest BCUT2D eigenvalue weighted by Gasteiger charge is 2.24. The van der Waals surface area contributed by atoms with Crippen LogP contribution in [0, 0.1) is 0 Å². The molecule has 0 aliphatic carbocycles. The maximum atomic E-state index is 12.3. The number of rotatable bonds is 3. The van der Waals surface area contributed by atoms with E-state index in [9.17, 15) is 9.59 Å². The van der Waals surface area contributed by atoms with Crippen LogP contribution in [0.2, 0.25) is 5.02 Å². The zero-order valence-corrected chi connectivity index (χ0v) is 13.0. The van der Waals surface area contributed by atoms with Crippen LogP contribution in [-0.2, 0) is 17.8 Å². The van der Waals surface area contributed by atoms with Crippen molar-refractivity contribution in [3.05, 3.63) is 64.2 Å². The van der Waals surface area contributed by atoms with Gasteiger partial charge in [-0.2, -0.15) is 0 Å². The number of carbonyl (C=O) groups is 2. The van der Waals surface area contributed by atoms with Gasteiger partial charge in [-0.15, -0.1) is 0 Å². The normalized spacial score (nSPS) is 13.7. The Morgan fingerprint density at radius 1 is 1.17 bits per heavy atom. The van der Waals surface area contributed by atoms with E-state index in [1.165, 1.54) is 0 Å². The first-order chi connectivity index (χ1) is 11.1. The van der Waals surface area contributed by atoms with E-state index in [1.807, 2.05) is 12.1 Å². The second kappa shape index (κ2) is 6.40. The zero-order valence-electron chi connectivity index (χ0n) is 12.3. The minimum atomic E-state index is -0.564. The van der Waals surface area contributed by atoms with Crippen molar-refractivity contribution in [3.63, 3.8) is 0 Å². The van der Waals surface area contributed by atoms with Crippen molar-refractivity contribution >= 4 is 29.1 Å². The number of halogens is 1. The number of fused-ring (bicyclic) bond motifs is 1. The molecule has 3 rings (SSSR count). The number of hydroxylamine groups is 1. The lowest BCUT2D eigenvalue weighted by atomic mass is 10.0. The molecule has 1 aliphatic rings. The van der Waals surface area contributed by atoms with Crippen LogP contribution >= 0.6 is 11.6 Å². The van der Waals surface area contributed by atoms with Crippen LogP contribution in [0.25, 0.3) is 0 Å². The number of hydrogen-bond donors (Lipinski definition) is 2. The lowest BCUT2D eigenvalue weighted by Gasteiger charge is -2.29. The number of nitrogens with zero attached hydrogens (tertiary/aromatic N) is 1. The summed E-state index contributed by atoms with van der Waals surface area (Å²) in [6, 6.07) is 12.3. The van der Waals surface area contributed by atoms with Crippen LogP contribution in [0.3, 0.4) is 0 Å². The smallest absolute Gasteiger partial charge is 0.274 e. The Bertz CT molecular complexity index is 759. The van der Waals surface area contributed by atoms with E-state index in [-0.39, 0.29) is 5.91 Å². The number of benzene rings is 2. The molecule has 0 saturated heterocycles. The molecule has 2 aromatic rings. The molecule has 0 fully saturated rings. The minimum Gasteiger partial charge on any atom is -0.308 e. The van der Waals surface area contributed by atoms with E-state index in [4.69, 9.17) is 16.8 Å². The Morgan fingerprint density at radius 3 is 2.61 bits per heavy atom. The molecular formula is C17H15ClN2O3. The summed E-state index contributed by atoms with van der Waals surface area (Å²) in [5.74, 6) is -0.498. The van der Waals surface area contributed by atoms with Crippen molar-refractivity contribution in [3.8, 4) is 0 Å². The molecule has 1 aliphatic heterocycles. The van der Waals surface area contributed by atoms with E-state index in [2.05, 4.69) is 0 Å². The lowest BCUT2D eigenvalue weighted by Crippen LogP contribution is -2.34. The molecule has 0 bridgehead atoms. The second-order valence-corrected chi connectivity index (χ2v) is 5.83. The van der Waals surface area contributed by atoms with Gasteiger partial charge in [-0.05, 0) is 47.9 Å². The molecule has 1 heterocycles. The highest BCUT2D eigenvalue weighted by Crippen LogP contribution is 2.31. The van der Waals surface area contributed by atoms with Crippen LogP contribution in [0.5, 0.6) is 0 Å². The fourth-order valence-corrected chi connectivity index (χ4v) is 2.91. The summed E-state index contributed by atoms with van der Waals surface area (Å²) in [5, 5.41) is 9.29. The quantitative estimate of drug-likeness (QED) is 0.671. The van der Waals surface area contributed by atoms with Gasteiger partial charge in [-0.25, -0.2) is 5.48 Å². The van der Waals surface area contributed by atoms with Gasteiger partial charge in [0.1, 0.15) is 0 Å². The molecule has 0 unspecified atom stereocenters. The molecule has 2 amide bonds. The zero-order chi connectivity index (χ0) is 16.4. The van der Waals surface area contributed by atoms with Crippen LogP contribution in [0.1, 0.15) is 27.9 Å². The molecule has 118 valence electrons. The first-order valence-corrected chi connectivity index (χ1v) is 7.58. The van der Waals surface area contributed by atoms with E-state index >= 15 is 0 Å². The molecule has 6 heteroatoms. The third kappa shape index (κ3) is 3.21. The molecule has 5 nitrogen and oxygen atoms in total. The molecule has 0 atom stereocenters. The van der Waals surface area contributed by atoms with Crippen LogP contribution in [0.15, 0.2) is 42.5 Å². The predicted octanol–water partition coefficient (Wildman–Crippen LogP) is 2.94. The molecule has 23 heavy (non-hydrogen) atoms. The van der Waals surface area contributed by atoms with Crippen molar-refractivity contribution in [2.45, 2.75) is 19.4 Å². The van der Waals surface area contributed by atoms with Crippen molar-refractivity contribution < 1.29 is 14.8 Å². The van der Waals surface area contributed by atoms with Crippen LogP contribution < -0.4 is 10.4 Å². The standard InChI is InChI=1S/C17H15ClN2O3/c18-14-6-7-15-13(9-14)5-8-16(21)20(15)10-11-1-3-12(4-2-11)17(22)19-23/h1-4,6-7,9,23H,5,8,10H2,(H,19,22). The van der Waals surface area contributed by atoms with E-state index in [1.54, 1.807) is 40.7 Å². The number of nitrogens with one attached hydrogen (secondary N) is 1. The molecule has 0 spiro atoms. The lowest BCUT2D eigenvalue weighted by molar-refractivity contribution is -0.119. The van der Waals surface area contributed by atoms with Crippen LogP contribution in [0.4, 0.5) is 5.69 Å². The van der Waals surface area contributed by atoms with Crippen LogP contribution in [-0.4, -0.2) is 17.0 Å². The van der Waals surface area contributed by atoms with Gasteiger partial charge in [0, 0.05) is 22.7 Å². The number of carbonyl (C=O) groups excluding carboxylic acids is 2. The van der Waals surface area contributed by atoms with Gasteiger partial charge >= 0.3 is 0 Å².